The molecule has 142 valence electrons. The summed E-state index contributed by atoms with van der Waals surface area (Å²) >= 11 is 5.87. The minimum absolute atomic E-state index is 0.0729. The maximum absolute atomic E-state index is 12.6. The first-order chi connectivity index (χ1) is 13.0. The average Bonchev–Trinajstić information content (AvgIpc) is 2.66. The number of hydrogen-bond donors (Lipinski definition) is 4. The van der Waals surface area contributed by atoms with E-state index in [9.17, 15) is 9.59 Å². The molecule has 4 N–H and O–H groups in total. The molecule has 0 spiro atoms. The molecule has 2 aromatic carbocycles. The van der Waals surface area contributed by atoms with Crippen molar-refractivity contribution in [1.82, 2.24) is 0 Å². The number of amides is 2. The first-order valence-electron chi connectivity index (χ1n) is 9.12. The Bertz CT molecular complexity index is 802. The van der Waals surface area contributed by atoms with E-state index in [0.717, 1.165) is 26.2 Å². The summed E-state index contributed by atoms with van der Waals surface area (Å²) in [4.78, 5) is 27.9. The summed E-state index contributed by atoms with van der Waals surface area (Å²) in [6.45, 7) is 4.53. The molecule has 1 aliphatic rings. The van der Waals surface area contributed by atoms with Gasteiger partial charge in [0.1, 0.15) is 26.2 Å². The van der Waals surface area contributed by atoms with Crippen molar-refractivity contribution < 1.29 is 19.4 Å². The van der Waals surface area contributed by atoms with Gasteiger partial charge in [-0.3, -0.25) is 9.59 Å². The zero-order chi connectivity index (χ0) is 19.2. The third kappa shape index (κ3) is 5.53. The highest BCUT2D eigenvalue weighted by atomic mass is 35.5. The average molecular weight is 389 g/mol. The lowest BCUT2D eigenvalue weighted by atomic mass is 10.1. The first kappa shape index (κ1) is 19.4. The lowest BCUT2D eigenvalue weighted by molar-refractivity contribution is -0.999. The molecule has 1 heterocycles. The molecule has 0 radical (unpaired) electrons. The van der Waals surface area contributed by atoms with Crippen LogP contribution in [0.25, 0.3) is 0 Å². The van der Waals surface area contributed by atoms with Gasteiger partial charge in [0.05, 0.1) is 18.3 Å². The van der Waals surface area contributed by atoms with E-state index in [0.29, 0.717) is 28.5 Å². The van der Waals surface area contributed by atoms with E-state index >= 15 is 0 Å². The summed E-state index contributed by atoms with van der Waals surface area (Å²) in [6.07, 6.45) is 0. The first-order valence-corrected chi connectivity index (χ1v) is 9.50. The Labute approximate surface area is 164 Å². The van der Waals surface area contributed by atoms with E-state index in [1.807, 2.05) is 0 Å². The van der Waals surface area contributed by atoms with Crippen molar-refractivity contribution >= 4 is 34.8 Å². The largest absolute Gasteiger partial charge is 0.328 e. The van der Waals surface area contributed by atoms with Crippen LogP contribution in [0.1, 0.15) is 10.4 Å². The number of hydrogen-bond acceptors (Lipinski definition) is 2. The molecule has 7 heteroatoms. The van der Waals surface area contributed by atoms with Crippen LogP contribution in [0.2, 0.25) is 5.02 Å². The van der Waals surface area contributed by atoms with Crippen molar-refractivity contribution in [3.05, 3.63) is 59.1 Å². The van der Waals surface area contributed by atoms with Crippen LogP contribution < -0.4 is 20.4 Å². The van der Waals surface area contributed by atoms with Crippen LogP contribution in [0, 0.1) is 0 Å². The molecule has 0 atom stereocenters. The van der Waals surface area contributed by atoms with Gasteiger partial charge in [0.25, 0.3) is 11.8 Å². The molecule has 0 bridgehead atoms. The molecular weight excluding hydrogens is 364 g/mol. The van der Waals surface area contributed by atoms with E-state index in [2.05, 4.69) is 17.7 Å². The summed E-state index contributed by atoms with van der Waals surface area (Å²) in [5, 5.41) is 6.33. The molecule has 3 rings (SSSR count). The fraction of sp³-hybridized carbons (Fsp3) is 0.300. The molecule has 0 unspecified atom stereocenters. The number of quaternary nitrogens is 2. The summed E-state index contributed by atoms with van der Waals surface area (Å²) in [5.74, 6) is -0.347. The molecule has 1 aliphatic heterocycles. The number of para-hydroxylation sites is 1. The Kier molecular flexibility index (Phi) is 6.45. The number of benzene rings is 2. The van der Waals surface area contributed by atoms with Crippen molar-refractivity contribution in [2.45, 2.75) is 0 Å². The number of anilines is 2. The second kappa shape index (κ2) is 8.99. The molecule has 2 aromatic rings. The van der Waals surface area contributed by atoms with E-state index in [1.165, 1.54) is 9.80 Å². The SMILES string of the molecule is C[NH+]1CC[NH+](CC(=O)Nc2ccccc2C(=O)Nc2ccc(Cl)cc2)CC1. The molecule has 1 saturated heterocycles. The Morgan fingerprint density at radius 3 is 2.33 bits per heavy atom. The number of rotatable bonds is 5. The number of nitrogens with one attached hydrogen (secondary N) is 4. The molecule has 0 saturated carbocycles. The quantitative estimate of drug-likeness (QED) is 0.580. The van der Waals surface area contributed by atoms with Crippen molar-refractivity contribution in [2.75, 3.05) is 50.4 Å². The van der Waals surface area contributed by atoms with E-state index in [-0.39, 0.29) is 11.8 Å². The minimum Gasteiger partial charge on any atom is -0.328 e. The molecule has 2 amide bonds. The van der Waals surface area contributed by atoms with Gasteiger partial charge >= 0.3 is 0 Å². The second-order valence-corrected chi connectivity index (χ2v) is 7.38. The maximum atomic E-state index is 12.6. The maximum Gasteiger partial charge on any atom is 0.279 e. The molecule has 0 aliphatic carbocycles. The number of carbonyl (C=O) groups excluding carboxylic acids is 2. The fourth-order valence-corrected chi connectivity index (χ4v) is 3.28. The number of carbonyl (C=O) groups is 2. The Hall–Kier alpha value is -2.41. The summed E-state index contributed by atoms with van der Waals surface area (Å²) in [7, 11) is 2.17. The van der Waals surface area contributed by atoms with Crippen LogP contribution >= 0.6 is 11.6 Å². The topological polar surface area (TPSA) is 67.1 Å². The predicted octanol–water partition coefficient (Wildman–Crippen LogP) is -0.0560. The summed E-state index contributed by atoms with van der Waals surface area (Å²) in [6, 6.07) is 13.9. The summed E-state index contributed by atoms with van der Waals surface area (Å²) < 4.78 is 0. The van der Waals surface area contributed by atoms with Crippen molar-refractivity contribution in [2.24, 2.45) is 0 Å². The zero-order valence-electron chi connectivity index (χ0n) is 15.3. The van der Waals surface area contributed by atoms with Gasteiger partial charge in [-0.15, -0.1) is 0 Å². The van der Waals surface area contributed by atoms with E-state index in [1.54, 1.807) is 48.5 Å². The minimum atomic E-state index is -0.274. The van der Waals surface area contributed by atoms with Gasteiger partial charge in [-0.1, -0.05) is 23.7 Å². The van der Waals surface area contributed by atoms with Crippen molar-refractivity contribution in [1.29, 1.82) is 0 Å². The fourth-order valence-electron chi connectivity index (χ4n) is 3.15. The van der Waals surface area contributed by atoms with Crippen LogP contribution in [0.5, 0.6) is 0 Å². The highest BCUT2D eigenvalue weighted by Gasteiger charge is 2.23. The number of piperazine rings is 1. The third-order valence-corrected chi connectivity index (χ3v) is 5.02. The number of likely N-dealkylation sites (N-methyl/N-ethyl adjacent to an activating group) is 1. The highest BCUT2D eigenvalue weighted by molar-refractivity contribution is 6.30. The lowest BCUT2D eigenvalue weighted by Crippen LogP contribution is -3.27. The standard InChI is InChI=1S/C20H23ClN4O2/c1-24-10-12-25(13-11-24)14-19(26)23-18-5-3-2-4-17(18)20(27)22-16-8-6-15(21)7-9-16/h2-9H,10-14H2,1H3,(H,22,27)(H,23,26)/p+2. The number of halogens is 1. The van der Waals surface area contributed by atoms with Crippen LogP contribution in [-0.4, -0.2) is 51.6 Å². The van der Waals surface area contributed by atoms with Gasteiger partial charge in [-0.05, 0) is 36.4 Å². The van der Waals surface area contributed by atoms with Gasteiger partial charge in [0, 0.05) is 10.7 Å². The predicted molar refractivity (Wildman–Crippen MR) is 107 cm³/mol. The van der Waals surface area contributed by atoms with Gasteiger partial charge in [-0.25, -0.2) is 0 Å². The third-order valence-electron chi connectivity index (χ3n) is 4.77. The van der Waals surface area contributed by atoms with Gasteiger partial charge < -0.3 is 20.4 Å². The molecule has 1 fully saturated rings. The van der Waals surface area contributed by atoms with Gasteiger partial charge in [0.15, 0.2) is 6.54 Å². The highest BCUT2D eigenvalue weighted by Crippen LogP contribution is 2.18. The molecular formula is C20H25ClN4O2+2. The van der Waals surface area contributed by atoms with Crippen LogP contribution in [0.15, 0.2) is 48.5 Å². The van der Waals surface area contributed by atoms with Crippen LogP contribution in [0.3, 0.4) is 0 Å². The molecule has 27 heavy (non-hydrogen) atoms. The molecule has 6 nitrogen and oxygen atoms in total. The summed E-state index contributed by atoms with van der Waals surface area (Å²) in [5.41, 5.74) is 1.60. The Balaban J connectivity index is 1.63. The Morgan fingerprint density at radius 1 is 0.963 bits per heavy atom. The van der Waals surface area contributed by atoms with Gasteiger partial charge in [-0.2, -0.15) is 0 Å². The monoisotopic (exact) mass is 388 g/mol. The second-order valence-electron chi connectivity index (χ2n) is 6.94. The van der Waals surface area contributed by atoms with Crippen molar-refractivity contribution in [3.8, 4) is 0 Å². The zero-order valence-corrected chi connectivity index (χ0v) is 16.1. The van der Waals surface area contributed by atoms with Crippen LogP contribution in [0.4, 0.5) is 11.4 Å². The lowest BCUT2D eigenvalue weighted by Gasteiger charge is -2.26. The molecule has 0 aromatic heterocycles. The van der Waals surface area contributed by atoms with Gasteiger partial charge in [0.2, 0.25) is 0 Å². The van der Waals surface area contributed by atoms with E-state index in [4.69, 9.17) is 11.6 Å². The smallest absolute Gasteiger partial charge is 0.279 e. The Morgan fingerprint density at radius 2 is 1.63 bits per heavy atom. The van der Waals surface area contributed by atoms with E-state index < -0.39 is 0 Å². The van der Waals surface area contributed by atoms with Crippen molar-refractivity contribution in [3.63, 3.8) is 0 Å². The van der Waals surface area contributed by atoms with Crippen LogP contribution in [-0.2, 0) is 4.79 Å². The normalized spacial score (nSPS) is 19.3.